The minimum Gasteiger partial charge on any atom is -0.337 e. The second-order valence-corrected chi connectivity index (χ2v) is 7.61. The zero-order valence-electron chi connectivity index (χ0n) is 15.3. The summed E-state index contributed by atoms with van der Waals surface area (Å²) in [5, 5.41) is 1.35. The highest BCUT2D eigenvalue weighted by Crippen LogP contribution is 2.23. The van der Waals surface area contributed by atoms with Gasteiger partial charge >= 0.3 is 0 Å². The first-order chi connectivity index (χ1) is 13.1. The summed E-state index contributed by atoms with van der Waals surface area (Å²) in [5.74, 6) is 0.798. The van der Waals surface area contributed by atoms with Crippen molar-refractivity contribution in [3.05, 3.63) is 82.7 Å². The van der Waals surface area contributed by atoms with Crippen LogP contribution in [0.25, 0.3) is 16.6 Å². The molecule has 0 aliphatic carbocycles. The summed E-state index contributed by atoms with van der Waals surface area (Å²) in [6, 6.07) is 13.7. The quantitative estimate of drug-likeness (QED) is 0.390. The van der Waals surface area contributed by atoms with Crippen molar-refractivity contribution in [2.45, 2.75) is 25.5 Å². The van der Waals surface area contributed by atoms with Crippen LogP contribution >= 0.6 is 11.8 Å². The maximum absolute atomic E-state index is 13.3. The number of aromatic nitrogens is 4. The summed E-state index contributed by atoms with van der Waals surface area (Å²) >= 11 is 1.58. The summed E-state index contributed by atoms with van der Waals surface area (Å²) in [6.45, 7) is 4.89. The molecule has 0 aliphatic rings. The number of hydrogen-bond acceptors (Lipinski definition) is 4. The van der Waals surface area contributed by atoms with E-state index in [4.69, 9.17) is 4.98 Å². The lowest BCUT2D eigenvalue weighted by Gasteiger charge is -2.14. The fourth-order valence-corrected chi connectivity index (χ4v) is 4.14. The SMILES string of the molecule is Cc1cc(C)cc(-n2c(SCCn3ccnc3)nc3ccccc3c2=O)c1. The summed E-state index contributed by atoms with van der Waals surface area (Å²) in [4.78, 5) is 22.1. The molecule has 0 saturated heterocycles. The minimum absolute atomic E-state index is 0.0317. The van der Waals surface area contributed by atoms with Gasteiger partial charge < -0.3 is 4.57 Å². The zero-order chi connectivity index (χ0) is 18.8. The zero-order valence-corrected chi connectivity index (χ0v) is 16.1. The summed E-state index contributed by atoms with van der Waals surface area (Å²) < 4.78 is 3.76. The Labute approximate surface area is 161 Å². The largest absolute Gasteiger partial charge is 0.337 e. The van der Waals surface area contributed by atoms with Gasteiger partial charge in [-0.2, -0.15) is 0 Å². The number of para-hydroxylation sites is 1. The highest BCUT2D eigenvalue weighted by molar-refractivity contribution is 7.99. The predicted octanol–water partition coefficient (Wildman–Crippen LogP) is 3.99. The first-order valence-corrected chi connectivity index (χ1v) is 9.79. The van der Waals surface area contributed by atoms with E-state index in [2.05, 4.69) is 11.1 Å². The van der Waals surface area contributed by atoms with Crippen LogP contribution in [0.15, 0.2) is 71.1 Å². The minimum atomic E-state index is -0.0317. The van der Waals surface area contributed by atoms with Gasteiger partial charge in [-0.1, -0.05) is 30.0 Å². The van der Waals surface area contributed by atoms with E-state index in [1.807, 2.05) is 61.0 Å². The van der Waals surface area contributed by atoms with Gasteiger partial charge in [0.1, 0.15) is 0 Å². The van der Waals surface area contributed by atoms with E-state index in [1.165, 1.54) is 0 Å². The molecule has 2 aromatic heterocycles. The Kier molecular flexibility index (Phi) is 4.81. The number of thioether (sulfide) groups is 1. The normalized spacial score (nSPS) is 11.2. The average Bonchev–Trinajstić information content (AvgIpc) is 3.14. The lowest BCUT2D eigenvalue weighted by molar-refractivity contribution is 0.763. The Morgan fingerprint density at radius 1 is 1.07 bits per heavy atom. The van der Waals surface area contributed by atoms with Crippen molar-refractivity contribution in [3.63, 3.8) is 0 Å². The summed E-state index contributed by atoms with van der Waals surface area (Å²) in [6.07, 6.45) is 5.50. The number of hydrogen-bond donors (Lipinski definition) is 0. The van der Waals surface area contributed by atoms with Crippen molar-refractivity contribution in [3.8, 4) is 5.69 Å². The van der Waals surface area contributed by atoms with E-state index >= 15 is 0 Å². The molecule has 2 aromatic carbocycles. The molecule has 0 fully saturated rings. The standard InChI is InChI=1S/C21H20N4OS/c1-15-11-16(2)13-17(12-15)25-20(26)18-5-3-4-6-19(18)23-21(25)27-10-9-24-8-7-22-14-24/h3-8,11-14H,9-10H2,1-2H3. The molecule has 0 N–H and O–H groups in total. The Morgan fingerprint density at radius 2 is 1.85 bits per heavy atom. The van der Waals surface area contributed by atoms with Crippen LogP contribution < -0.4 is 5.56 Å². The van der Waals surface area contributed by atoms with Gasteiger partial charge in [0, 0.05) is 24.7 Å². The van der Waals surface area contributed by atoms with Crippen molar-refractivity contribution in [1.29, 1.82) is 0 Å². The van der Waals surface area contributed by atoms with Crippen molar-refractivity contribution >= 4 is 22.7 Å². The second kappa shape index (κ2) is 7.40. The van der Waals surface area contributed by atoms with E-state index in [9.17, 15) is 4.79 Å². The highest BCUT2D eigenvalue weighted by atomic mass is 32.2. The van der Waals surface area contributed by atoms with Crippen molar-refractivity contribution in [2.24, 2.45) is 0 Å². The van der Waals surface area contributed by atoms with Crippen LogP contribution in [0.5, 0.6) is 0 Å². The molecule has 0 amide bonds. The topological polar surface area (TPSA) is 52.7 Å². The van der Waals surface area contributed by atoms with Crippen molar-refractivity contribution < 1.29 is 0 Å². The number of benzene rings is 2. The fraction of sp³-hybridized carbons (Fsp3) is 0.190. The van der Waals surface area contributed by atoms with Gasteiger partial charge in [0.05, 0.1) is 22.9 Å². The molecule has 2 heterocycles. The van der Waals surface area contributed by atoms with Crippen molar-refractivity contribution in [1.82, 2.24) is 19.1 Å². The van der Waals surface area contributed by atoms with Crippen LogP contribution in [-0.4, -0.2) is 24.9 Å². The Bertz CT molecular complexity index is 1130. The molecule has 4 rings (SSSR count). The summed E-state index contributed by atoms with van der Waals surface area (Å²) in [5.41, 5.74) is 3.81. The van der Waals surface area contributed by atoms with E-state index in [1.54, 1.807) is 28.9 Å². The van der Waals surface area contributed by atoms with Gasteiger partial charge in [0.15, 0.2) is 5.16 Å². The lowest BCUT2D eigenvalue weighted by Crippen LogP contribution is -2.22. The number of rotatable bonds is 5. The molecule has 0 bridgehead atoms. The van der Waals surface area contributed by atoms with Gasteiger partial charge in [-0.3, -0.25) is 9.36 Å². The number of fused-ring (bicyclic) bond motifs is 1. The molecule has 5 nitrogen and oxygen atoms in total. The van der Waals surface area contributed by atoms with Crippen LogP contribution in [0.4, 0.5) is 0 Å². The molecule has 0 radical (unpaired) electrons. The molecule has 136 valence electrons. The number of aryl methyl sites for hydroxylation is 3. The third-order valence-electron chi connectivity index (χ3n) is 4.35. The third-order valence-corrected chi connectivity index (χ3v) is 5.27. The molecule has 0 aliphatic heterocycles. The van der Waals surface area contributed by atoms with Crippen LogP contribution in [0.3, 0.4) is 0 Å². The highest BCUT2D eigenvalue weighted by Gasteiger charge is 2.13. The van der Waals surface area contributed by atoms with Gasteiger partial charge in [0.25, 0.3) is 5.56 Å². The van der Waals surface area contributed by atoms with Crippen LogP contribution in [0.2, 0.25) is 0 Å². The van der Waals surface area contributed by atoms with Gasteiger partial charge in [-0.15, -0.1) is 0 Å². The number of nitrogens with zero attached hydrogens (tertiary/aromatic N) is 4. The molecule has 4 aromatic rings. The van der Waals surface area contributed by atoms with Crippen LogP contribution in [-0.2, 0) is 6.54 Å². The first kappa shape index (κ1) is 17.5. The maximum atomic E-state index is 13.3. The molecule has 0 atom stereocenters. The molecule has 0 unspecified atom stereocenters. The lowest BCUT2D eigenvalue weighted by atomic mass is 10.1. The predicted molar refractivity (Wildman–Crippen MR) is 110 cm³/mol. The smallest absolute Gasteiger partial charge is 0.266 e. The van der Waals surface area contributed by atoms with Crippen LogP contribution in [0, 0.1) is 13.8 Å². The Balaban J connectivity index is 1.81. The van der Waals surface area contributed by atoms with Crippen molar-refractivity contribution in [2.75, 3.05) is 5.75 Å². The van der Waals surface area contributed by atoms with Crippen LogP contribution in [0.1, 0.15) is 11.1 Å². The first-order valence-electron chi connectivity index (χ1n) is 8.81. The Hall–Kier alpha value is -2.86. The summed E-state index contributed by atoms with van der Waals surface area (Å²) in [7, 11) is 0. The molecule has 0 saturated carbocycles. The van der Waals surface area contributed by atoms with E-state index < -0.39 is 0 Å². The van der Waals surface area contributed by atoms with Gasteiger partial charge in [0.2, 0.25) is 0 Å². The molecule has 27 heavy (non-hydrogen) atoms. The average molecular weight is 376 g/mol. The number of imidazole rings is 1. The second-order valence-electron chi connectivity index (χ2n) is 6.55. The monoisotopic (exact) mass is 376 g/mol. The maximum Gasteiger partial charge on any atom is 0.266 e. The molecular weight excluding hydrogens is 356 g/mol. The van der Waals surface area contributed by atoms with Gasteiger partial charge in [-0.25, -0.2) is 9.97 Å². The Morgan fingerprint density at radius 3 is 2.59 bits per heavy atom. The molecular formula is C21H20N4OS. The third kappa shape index (κ3) is 3.66. The molecule has 6 heteroatoms. The van der Waals surface area contributed by atoms with E-state index in [-0.39, 0.29) is 5.56 Å². The van der Waals surface area contributed by atoms with E-state index in [0.29, 0.717) is 10.5 Å². The molecule has 0 spiro atoms. The van der Waals surface area contributed by atoms with Gasteiger partial charge in [-0.05, 0) is 49.2 Å². The van der Waals surface area contributed by atoms with E-state index in [0.717, 1.165) is 34.6 Å². The fourth-order valence-electron chi connectivity index (χ4n) is 3.18.